The molecule has 1 atom stereocenters. The number of carboxylic acids is 1. The van der Waals surface area contributed by atoms with Crippen LogP contribution in [0, 0.1) is 0 Å². The minimum Gasteiger partial charge on any atom is -0.496 e. The first kappa shape index (κ1) is 23.8. The lowest BCUT2D eigenvalue weighted by molar-refractivity contribution is -0.137. The molecule has 0 unspecified atom stereocenters. The van der Waals surface area contributed by atoms with Crippen molar-refractivity contribution in [1.29, 1.82) is 0 Å². The monoisotopic (exact) mass is 462 g/mol. The molecule has 0 radical (unpaired) electrons. The van der Waals surface area contributed by atoms with Gasteiger partial charge in [0.2, 0.25) is 0 Å². The van der Waals surface area contributed by atoms with Crippen LogP contribution in [0.25, 0.3) is 11.1 Å². The second kappa shape index (κ2) is 9.72. The van der Waals surface area contributed by atoms with Crippen LogP contribution in [-0.4, -0.2) is 44.9 Å². The molecule has 0 aliphatic heterocycles. The van der Waals surface area contributed by atoms with Crippen LogP contribution in [0.1, 0.15) is 11.1 Å². The van der Waals surface area contributed by atoms with E-state index in [9.17, 15) is 27.9 Å². The van der Waals surface area contributed by atoms with E-state index >= 15 is 0 Å². The lowest BCUT2D eigenvalue weighted by atomic mass is 10.0. The number of nitrogens with one attached hydrogen (secondary N) is 1. The second-order valence-corrected chi connectivity index (χ2v) is 7.30. The van der Waals surface area contributed by atoms with Gasteiger partial charge in [-0.3, -0.25) is 4.79 Å². The number of carbonyl (C=O) groups is 1. The molecule has 1 aromatic carbocycles. The summed E-state index contributed by atoms with van der Waals surface area (Å²) in [7, 11) is 3.07. The predicted molar refractivity (Wildman–Crippen MR) is 114 cm³/mol. The Balaban J connectivity index is 1.84. The van der Waals surface area contributed by atoms with Crippen LogP contribution >= 0.6 is 0 Å². The molecule has 2 heterocycles. The minimum absolute atomic E-state index is 0.0327. The van der Waals surface area contributed by atoms with Gasteiger partial charge in [-0.1, -0.05) is 24.3 Å². The quantitative estimate of drug-likeness (QED) is 0.530. The maximum atomic E-state index is 12.8. The molecule has 0 saturated heterocycles. The van der Waals surface area contributed by atoms with Gasteiger partial charge in [-0.15, -0.1) is 0 Å². The lowest BCUT2D eigenvalue weighted by Gasteiger charge is -2.18. The Morgan fingerprint density at radius 2 is 1.94 bits per heavy atom. The first-order valence-corrected chi connectivity index (χ1v) is 9.77. The maximum Gasteiger partial charge on any atom is 0.393 e. The maximum absolute atomic E-state index is 12.8. The second-order valence-electron chi connectivity index (χ2n) is 7.30. The number of aromatic nitrogens is 3. The number of carboxylic acid groups (broad SMARTS) is 1. The Hall–Kier alpha value is -3.89. The van der Waals surface area contributed by atoms with Crippen molar-refractivity contribution in [3.8, 4) is 16.9 Å². The molecular weight excluding hydrogens is 441 g/mol. The molecule has 174 valence electrons. The molecule has 0 spiro atoms. The fourth-order valence-electron chi connectivity index (χ4n) is 3.29. The third-order valence-electron chi connectivity index (χ3n) is 4.92. The van der Waals surface area contributed by atoms with Gasteiger partial charge in [0, 0.05) is 31.4 Å². The average Bonchev–Trinajstić information content (AvgIpc) is 2.76. The number of pyridine rings is 1. The van der Waals surface area contributed by atoms with Crippen LogP contribution < -0.4 is 15.6 Å². The van der Waals surface area contributed by atoms with Crippen molar-refractivity contribution >= 4 is 11.8 Å². The van der Waals surface area contributed by atoms with Gasteiger partial charge in [-0.2, -0.15) is 13.2 Å². The van der Waals surface area contributed by atoms with E-state index in [0.29, 0.717) is 22.4 Å². The van der Waals surface area contributed by atoms with Gasteiger partial charge in [0.1, 0.15) is 23.9 Å². The zero-order valence-electron chi connectivity index (χ0n) is 17.8. The number of hydrogen-bond donors (Lipinski definition) is 2. The smallest absolute Gasteiger partial charge is 0.393 e. The van der Waals surface area contributed by atoms with Crippen molar-refractivity contribution in [2.45, 2.75) is 25.1 Å². The molecule has 11 heteroatoms. The third kappa shape index (κ3) is 5.88. The van der Waals surface area contributed by atoms with E-state index in [1.807, 2.05) is 0 Å². The van der Waals surface area contributed by atoms with Gasteiger partial charge >= 0.3 is 12.1 Å². The van der Waals surface area contributed by atoms with E-state index in [2.05, 4.69) is 15.3 Å². The van der Waals surface area contributed by atoms with Crippen molar-refractivity contribution in [2.24, 2.45) is 7.05 Å². The molecule has 0 fully saturated rings. The van der Waals surface area contributed by atoms with E-state index in [1.165, 1.54) is 11.7 Å². The van der Waals surface area contributed by atoms with Crippen LogP contribution in [-0.2, 0) is 24.7 Å². The number of rotatable bonds is 8. The Morgan fingerprint density at radius 1 is 1.24 bits per heavy atom. The van der Waals surface area contributed by atoms with E-state index < -0.39 is 24.6 Å². The number of ether oxygens (including phenoxy) is 1. The highest BCUT2D eigenvalue weighted by Gasteiger charge is 2.30. The summed E-state index contributed by atoms with van der Waals surface area (Å²) in [4.78, 5) is 31.7. The SMILES string of the molecule is COc1ccn(C)c(=O)c1-c1ccc(C[C@H](Nc2ncncc2CC(F)(F)F)C(=O)O)cc1. The lowest BCUT2D eigenvalue weighted by Crippen LogP contribution is -2.32. The van der Waals surface area contributed by atoms with E-state index in [-0.39, 0.29) is 23.4 Å². The number of nitrogens with zero attached hydrogens (tertiary/aromatic N) is 3. The molecule has 33 heavy (non-hydrogen) atoms. The third-order valence-corrected chi connectivity index (χ3v) is 4.92. The van der Waals surface area contributed by atoms with Gasteiger partial charge in [0.05, 0.1) is 19.1 Å². The number of halogens is 3. The summed E-state index contributed by atoms with van der Waals surface area (Å²) in [6.07, 6.45) is -2.18. The van der Waals surface area contributed by atoms with E-state index in [1.54, 1.807) is 43.6 Å². The highest BCUT2D eigenvalue weighted by atomic mass is 19.4. The normalized spacial score (nSPS) is 12.3. The van der Waals surface area contributed by atoms with Crippen molar-refractivity contribution < 1.29 is 27.8 Å². The Labute approximate surface area is 186 Å². The topological polar surface area (TPSA) is 106 Å². The Bertz CT molecular complexity index is 1190. The first-order valence-electron chi connectivity index (χ1n) is 9.77. The van der Waals surface area contributed by atoms with Crippen LogP contribution in [0.4, 0.5) is 19.0 Å². The Morgan fingerprint density at radius 3 is 2.55 bits per heavy atom. The van der Waals surface area contributed by atoms with E-state index in [4.69, 9.17) is 4.74 Å². The number of aliphatic carboxylic acids is 1. The fraction of sp³-hybridized carbons (Fsp3) is 0.273. The molecule has 0 saturated carbocycles. The summed E-state index contributed by atoms with van der Waals surface area (Å²) in [5, 5.41) is 12.2. The standard InChI is InChI=1S/C22H21F3N4O4/c1-29-8-7-17(33-2)18(20(29)30)14-5-3-13(4-6-14)9-16(21(31)32)28-19-15(10-22(23,24)25)11-26-12-27-19/h3-8,11-12,16H,9-10H2,1-2H3,(H,31,32)(H,26,27,28)/t16-/m0/s1. The van der Waals surface area contributed by atoms with Crippen molar-refractivity contribution in [2.75, 3.05) is 12.4 Å². The summed E-state index contributed by atoms with van der Waals surface area (Å²) in [5.74, 6) is -1.05. The zero-order valence-corrected chi connectivity index (χ0v) is 17.8. The number of hydrogen-bond acceptors (Lipinski definition) is 6. The van der Waals surface area contributed by atoms with Crippen LogP contribution in [0.3, 0.4) is 0 Å². The van der Waals surface area contributed by atoms with Crippen LogP contribution in [0.5, 0.6) is 5.75 Å². The first-order chi connectivity index (χ1) is 15.6. The molecule has 2 aromatic heterocycles. The molecular formula is C22H21F3N4O4. The zero-order chi connectivity index (χ0) is 24.2. The van der Waals surface area contributed by atoms with Gasteiger partial charge < -0.3 is 19.7 Å². The van der Waals surface area contributed by atoms with Gasteiger partial charge in [0.25, 0.3) is 5.56 Å². The molecule has 8 nitrogen and oxygen atoms in total. The molecule has 0 bridgehead atoms. The molecule has 3 rings (SSSR count). The van der Waals surface area contributed by atoms with Crippen molar-refractivity contribution in [3.63, 3.8) is 0 Å². The van der Waals surface area contributed by atoms with Crippen LogP contribution in [0.15, 0.2) is 53.8 Å². The fourth-order valence-corrected chi connectivity index (χ4v) is 3.29. The number of methoxy groups -OCH3 is 1. The number of alkyl halides is 3. The highest BCUT2D eigenvalue weighted by Crippen LogP contribution is 2.27. The van der Waals surface area contributed by atoms with Gasteiger partial charge in [-0.25, -0.2) is 14.8 Å². The van der Waals surface area contributed by atoms with E-state index in [0.717, 1.165) is 12.5 Å². The summed E-state index contributed by atoms with van der Waals surface area (Å²) in [5.41, 5.74) is 1.03. The minimum atomic E-state index is -4.49. The number of aryl methyl sites for hydroxylation is 1. The molecule has 3 aromatic rings. The molecule has 0 aliphatic carbocycles. The predicted octanol–water partition coefficient (Wildman–Crippen LogP) is 3.06. The van der Waals surface area contributed by atoms with Crippen molar-refractivity contribution in [3.05, 3.63) is 70.5 Å². The molecule has 0 amide bonds. The summed E-state index contributed by atoms with van der Waals surface area (Å²) >= 11 is 0. The largest absolute Gasteiger partial charge is 0.496 e. The molecule has 2 N–H and O–H groups in total. The average molecular weight is 462 g/mol. The summed E-state index contributed by atoms with van der Waals surface area (Å²) in [6.45, 7) is 0. The summed E-state index contributed by atoms with van der Waals surface area (Å²) < 4.78 is 45.1. The number of benzene rings is 1. The highest BCUT2D eigenvalue weighted by molar-refractivity contribution is 5.78. The summed E-state index contributed by atoms with van der Waals surface area (Å²) in [6, 6.07) is 7.04. The van der Waals surface area contributed by atoms with Crippen LogP contribution in [0.2, 0.25) is 0 Å². The van der Waals surface area contributed by atoms with Gasteiger partial charge in [-0.05, 0) is 17.2 Å². The Kier molecular flexibility index (Phi) is 7.00. The van der Waals surface area contributed by atoms with Gasteiger partial charge in [0.15, 0.2) is 0 Å². The molecule has 0 aliphatic rings. The van der Waals surface area contributed by atoms with Crippen molar-refractivity contribution in [1.82, 2.24) is 14.5 Å². The number of anilines is 1.